The zero-order valence-electron chi connectivity index (χ0n) is 6.50. The molecular weight excluding hydrogens is 160 g/mol. The highest BCUT2D eigenvalue weighted by atomic mass is 32.1. The van der Waals surface area contributed by atoms with Gasteiger partial charge in [0.15, 0.2) is 5.78 Å². The maximum Gasteiger partial charge on any atom is 0.198 e. The first-order valence-corrected chi connectivity index (χ1v) is 4.21. The molecule has 0 spiro atoms. The molecule has 0 fully saturated rings. The van der Waals surface area contributed by atoms with Gasteiger partial charge in [-0.3, -0.25) is 4.79 Å². The predicted octanol–water partition coefficient (Wildman–Crippen LogP) is 0.934. The Hall–Kier alpha value is -0.740. The quantitative estimate of drug-likeness (QED) is 0.686. The van der Waals surface area contributed by atoms with Gasteiger partial charge < -0.3 is 5.32 Å². The molecule has 0 aliphatic carbocycles. The number of nitrogens with zero attached hydrogens (tertiary/aromatic N) is 1. The van der Waals surface area contributed by atoms with E-state index in [2.05, 4.69) is 9.69 Å². The molecule has 1 unspecified atom stereocenters. The first-order valence-electron chi connectivity index (χ1n) is 3.37. The van der Waals surface area contributed by atoms with Crippen molar-refractivity contribution in [3.63, 3.8) is 0 Å². The van der Waals surface area contributed by atoms with E-state index in [1.165, 1.54) is 11.5 Å². The Bertz CT molecular complexity index is 233. The van der Waals surface area contributed by atoms with Crippen LogP contribution in [0.5, 0.6) is 0 Å². The van der Waals surface area contributed by atoms with E-state index >= 15 is 0 Å². The van der Waals surface area contributed by atoms with E-state index in [1.807, 2.05) is 6.92 Å². The summed E-state index contributed by atoms with van der Waals surface area (Å²) in [6.07, 6.45) is 0. The molecule has 0 saturated heterocycles. The minimum absolute atomic E-state index is 0.0498. The molecule has 1 N–H and O–H groups in total. The van der Waals surface area contributed by atoms with Crippen molar-refractivity contribution >= 4 is 17.3 Å². The number of carbonyl (C=O) groups is 1. The van der Waals surface area contributed by atoms with Gasteiger partial charge in [0.2, 0.25) is 0 Å². The van der Waals surface area contributed by atoms with Gasteiger partial charge >= 0.3 is 0 Å². The third kappa shape index (κ3) is 1.85. The molecule has 0 amide bonds. The summed E-state index contributed by atoms with van der Waals surface area (Å²) in [7, 11) is 1.76. The van der Waals surface area contributed by atoms with E-state index < -0.39 is 0 Å². The Labute approximate surface area is 69.6 Å². The number of carbonyl (C=O) groups excluding carboxylic acids is 1. The summed E-state index contributed by atoms with van der Waals surface area (Å²) >= 11 is 1.30. The number of rotatable bonds is 3. The summed E-state index contributed by atoms with van der Waals surface area (Å²) in [5.74, 6) is 0.0498. The van der Waals surface area contributed by atoms with Crippen molar-refractivity contribution < 1.29 is 4.79 Å². The Morgan fingerprint density at radius 1 is 1.82 bits per heavy atom. The molecule has 1 atom stereocenters. The zero-order valence-corrected chi connectivity index (χ0v) is 7.31. The van der Waals surface area contributed by atoms with Gasteiger partial charge in [-0.1, -0.05) is 0 Å². The van der Waals surface area contributed by atoms with Crippen LogP contribution < -0.4 is 5.32 Å². The second-order valence-corrected chi connectivity index (χ2v) is 2.92. The molecule has 1 heterocycles. The molecule has 0 aliphatic rings. The van der Waals surface area contributed by atoms with E-state index in [0.29, 0.717) is 5.69 Å². The molecule has 1 rings (SSSR count). The van der Waals surface area contributed by atoms with Gasteiger partial charge in [-0.25, -0.2) is 0 Å². The molecule has 0 saturated carbocycles. The van der Waals surface area contributed by atoms with E-state index in [4.69, 9.17) is 0 Å². The summed E-state index contributed by atoms with van der Waals surface area (Å²) in [6.45, 7) is 1.82. The average molecular weight is 170 g/mol. The fourth-order valence-corrected chi connectivity index (χ4v) is 1.21. The zero-order chi connectivity index (χ0) is 8.27. The summed E-state index contributed by atoms with van der Waals surface area (Å²) in [5.41, 5.74) is 0.553. The standard InChI is InChI=1S/C7H10N2OS/c1-5(8-2)7(10)6-3-4-11-9-6/h3-5,8H,1-2H3. The highest BCUT2D eigenvalue weighted by molar-refractivity contribution is 7.03. The highest BCUT2D eigenvalue weighted by Crippen LogP contribution is 2.02. The molecular formula is C7H10N2OS. The van der Waals surface area contributed by atoms with Crippen molar-refractivity contribution in [2.24, 2.45) is 0 Å². The number of hydrogen-bond acceptors (Lipinski definition) is 4. The number of nitrogens with one attached hydrogen (secondary N) is 1. The predicted molar refractivity (Wildman–Crippen MR) is 45.0 cm³/mol. The minimum Gasteiger partial charge on any atom is -0.310 e. The first-order chi connectivity index (χ1) is 5.25. The summed E-state index contributed by atoms with van der Waals surface area (Å²) in [6, 6.07) is 1.60. The van der Waals surface area contributed by atoms with Crippen molar-refractivity contribution in [3.05, 3.63) is 17.1 Å². The maximum atomic E-state index is 11.3. The van der Waals surface area contributed by atoms with Crippen LogP contribution in [0.25, 0.3) is 0 Å². The fourth-order valence-electron chi connectivity index (χ4n) is 0.693. The van der Waals surface area contributed by atoms with Gasteiger partial charge in [0.05, 0.1) is 6.04 Å². The Balaban J connectivity index is 2.70. The van der Waals surface area contributed by atoms with Crippen LogP contribution in [0.3, 0.4) is 0 Å². The lowest BCUT2D eigenvalue weighted by molar-refractivity contribution is 0.0951. The van der Waals surface area contributed by atoms with Crippen LogP contribution in [0.1, 0.15) is 17.4 Å². The lowest BCUT2D eigenvalue weighted by Gasteiger charge is -2.04. The molecule has 1 aromatic rings. The largest absolute Gasteiger partial charge is 0.310 e. The smallest absolute Gasteiger partial charge is 0.198 e. The van der Waals surface area contributed by atoms with E-state index in [-0.39, 0.29) is 11.8 Å². The van der Waals surface area contributed by atoms with Crippen LogP contribution in [0.15, 0.2) is 11.4 Å². The van der Waals surface area contributed by atoms with Gasteiger partial charge in [0, 0.05) is 5.38 Å². The number of aromatic nitrogens is 1. The van der Waals surface area contributed by atoms with Gasteiger partial charge in [0.1, 0.15) is 5.69 Å². The highest BCUT2D eigenvalue weighted by Gasteiger charge is 2.13. The molecule has 0 aliphatic heterocycles. The molecule has 11 heavy (non-hydrogen) atoms. The van der Waals surface area contributed by atoms with Crippen LogP contribution in [-0.2, 0) is 0 Å². The fraction of sp³-hybridized carbons (Fsp3) is 0.429. The van der Waals surface area contributed by atoms with E-state index in [1.54, 1.807) is 18.5 Å². The summed E-state index contributed by atoms with van der Waals surface area (Å²) in [5, 5.41) is 4.67. The first kappa shape index (κ1) is 8.36. The van der Waals surface area contributed by atoms with Crippen LogP contribution in [-0.4, -0.2) is 23.2 Å². The number of ketones is 1. The molecule has 60 valence electrons. The van der Waals surface area contributed by atoms with E-state index in [0.717, 1.165) is 0 Å². The minimum atomic E-state index is -0.142. The Morgan fingerprint density at radius 3 is 3.00 bits per heavy atom. The molecule has 0 bridgehead atoms. The lowest BCUT2D eigenvalue weighted by Crippen LogP contribution is -2.30. The topological polar surface area (TPSA) is 42.0 Å². The van der Waals surface area contributed by atoms with E-state index in [9.17, 15) is 4.79 Å². The average Bonchev–Trinajstić information content (AvgIpc) is 2.53. The second kappa shape index (κ2) is 3.59. The summed E-state index contributed by atoms with van der Waals surface area (Å²) < 4.78 is 3.94. The van der Waals surface area contributed by atoms with Gasteiger partial charge in [-0.05, 0) is 31.6 Å². The van der Waals surface area contributed by atoms with Crippen molar-refractivity contribution in [1.82, 2.24) is 9.69 Å². The van der Waals surface area contributed by atoms with Crippen LogP contribution in [0, 0.1) is 0 Å². The van der Waals surface area contributed by atoms with Crippen molar-refractivity contribution in [3.8, 4) is 0 Å². The molecule has 4 heteroatoms. The molecule has 0 radical (unpaired) electrons. The Kier molecular flexibility index (Phi) is 2.73. The van der Waals surface area contributed by atoms with Crippen molar-refractivity contribution in [1.29, 1.82) is 0 Å². The number of hydrogen-bond donors (Lipinski definition) is 1. The molecule has 0 aromatic carbocycles. The normalized spacial score (nSPS) is 12.9. The second-order valence-electron chi connectivity index (χ2n) is 2.26. The van der Waals surface area contributed by atoms with Crippen molar-refractivity contribution in [2.45, 2.75) is 13.0 Å². The van der Waals surface area contributed by atoms with Crippen LogP contribution in [0.4, 0.5) is 0 Å². The van der Waals surface area contributed by atoms with Gasteiger partial charge in [-0.15, -0.1) is 0 Å². The lowest BCUT2D eigenvalue weighted by atomic mass is 10.1. The monoisotopic (exact) mass is 170 g/mol. The van der Waals surface area contributed by atoms with Crippen molar-refractivity contribution in [2.75, 3.05) is 7.05 Å². The molecule has 3 nitrogen and oxygen atoms in total. The maximum absolute atomic E-state index is 11.3. The number of likely N-dealkylation sites (N-methyl/N-ethyl adjacent to an activating group) is 1. The molecule has 1 aromatic heterocycles. The number of Topliss-reactive ketones (excluding diaryl/α,β-unsaturated/α-hetero) is 1. The van der Waals surface area contributed by atoms with Crippen LogP contribution in [0.2, 0.25) is 0 Å². The van der Waals surface area contributed by atoms with Gasteiger partial charge in [0.25, 0.3) is 0 Å². The van der Waals surface area contributed by atoms with Crippen LogP contribution >= 0.6 is 11.5 Å². The van der Waals surface area contributed by atoms with Gasteiger partial charge in [-0.2, -0.15) is 4.37 Å². The SMILES string of the molecule is CNC(C)C(=O)c1ccsn1. The third-order valence-electron chi connectivity index (χ3n) is 1.52. The Morgan fingerprint density at radius 2 is 2.55 bits per heavy atom. The third-order valence-corrected chi connectivity index (χ3v) is 2.08. The summed E-state index contributed by atoms with van der Waals surface area (Å²) in [4.78, 5) is 11.3.